The van der Waals surface area contributed by atoms with Crippen LogP contribution in [0.3, 0.4) is 0 Å². The van der Waals surface area contributed by atoms with Crippen molar-refractivity contribution >= 4 is 35.4 Å². The average molecular weight is 294 g/mol. The zero-order valence-electron chi connectivity index (χ0n) is 9.72. The molecule has 0 spiro atoms. The van der Waals surface area contributed by atoms with Crippen LogP contribution in [0.1, 0.15) is 15.9 Å². The number of hydrogen-bond acceptors (Lipinski definition) is 3. The minimum atomic E-state index is -0.540. The number of carbonyl (C=O) groups is 1. The number of carbonyl (C=O) groups excluding carboxylic acids is 1. The highest BCUT2D eigenvalue weighted by atomic mass is 35.5. The van der Waals surface area contributed by atoms with Crippen LogP contribution in [-0.2, 0) is 4.84 Å². The Bertz CT molecular complexity index is 592. The minimum Gasteiger partial charge on any atom is -0.313 e. The first-order valence-corrected chi connectivity index (χ1v) is 6.16. The molecule has 3 nitrogen and oxygen atoms in total. The van der Waals surface area contributed by atoms with E-state index in [1.807, 2.05) is 0 Å². The van der Waals surface area contributed by atoms with Gasteiger partial charge in [-0.3, -0.25) is 0 Å². The predicted molar refractivity (Wildman–Crippen MR) is 75.9 cm³/mol. The molecule has 0 aliphatic carbocycles. The standard InChI is InChI=1S/C14H9Cl2NO2/c15-12-5-1-10(2-6-12)9-17-19-14(18)11-3-7-13(16)8-4-11/h1-9H/b17-9+. The summed E-state index contributed by atoms with van der Waals surface area (Å²) in [7, 11) is 0. The summed E-state index contributed by atoms with van der Waals surface area (Å²) >= 11 is 11.5. The van der Waals surface area contributed by atoms with E-state index < -0.39 is 5.97 Å². The molecule has 0 aromatic heterocycles. The zero-order valence-corrected chi connectivity index (χ0v) is 11.2. The SMILES string of the molecule is O=C(O/N=C/c1ccc(Cl)cc1)c1ccc(Cl)cc1. The Morgan fingerprint density at radius 2 is 1.47 bits per heavy atom. The van der Waals surface area contributed by atoms with Gasteiger partial charge in [0.25, 0.3) is 0 Å². The molecule has 0 saturated carbocycles. The second kappa shape index (κ2) is 6.36. The van der Waals surface area contributed by atoms with Crippen molar-refractivity contribution in [2.24, 2.45) is 5.16 Å². The smallest absolute Gasteiger partial charge is 0.313 e. The lowest BCUT2D eigenvalue weighted by Crippen LogP contribution is -2.00. The highest BCUT2D eigenvalue weighted by Gasteiger charge is 2.05. The van der Waals surface area contributed by atoms with Crippen molar-refractivity contribution in [3.8, 4) is 0 Å². The van der Waals surface area contributed by atoms with Crippen LogP contribution in [0.4, 0.5) is 0 Å². The van der Waals surface area contributed by atoms with Crippen LogP contribution in [0.5, 0.6) is 0 Å². The summed E-state index contributed by atoms with van der Waals surface area (Å²) in [6.45, 7) is 0. The fraction of sp³-hybridized carbons (Fsp3) is 0. The van der Waals surface area contributed by atoms with Crippen molar-refractivity contribution in [1.82, 2.24) is 0 Å². The Hall–Kier alpha value is -1.84. The Labute approximate surface area is 120 Å². The Balaban J connectivity index is 1.96. The molecule has 0 unspecified atom stereocenters. The molecule has 0 fully saturated rings. The maximum Gasteiger partial charge on any atom is 0.365 e. The van der Waals surface area contributed by atoms with E-state index in [2.05, 4.69) is 5.16 Å². The van der Waals surface area contributed by atoms with Crippen molar-refractivity contribution < 1.29 is 9.63 Å². The van der Waals surface area contributed by atoms with Crippen LogP contribution in [0, 0.1) is 0 Å². The minimum absolute atomic E-state index is 0.387. The maximum atomic E-state index is 11.6. The molecular formula is C14H9Cl2NO2. The number of nitrogens with zero attached hydrogens (tertiary/aromatic N) is 1. The maximum absolute atomic E-state index is 11.6. The van der Waals surface area contributed by atoms with Gasteiger partial charge >= 0.3 is 5.97 Å². The molecule has 19 heavy (non-hydrogen) atoms. The quantitative estimate of drug-likeness (QED) is 0.484. The number of hydrogen-bond donors (Lipinski definition) is 0. The van der Waals surface area contributed by atoms with E-state index >= 15 is 0 Å². The fourth-order valence-corrected chi connectivity index (χ4v) is 1.57. The molecule has 0 amide bonds. The van der Waals surface area contributed by atoms with Crippen LogP contribution in [0.25, 0.3) is 0 Å². The van der Waals surface area contributed by atoms with Crippen LogP contribution in [-0.4, -0.2) is 12.2 Å². The number of oxime groups is 1. The molecule has 5 heteroatoms. The molecule has 0 bridgehead atoms. The molecule has 2 rings (SSSR count). The first-order chi connectivity index (χ1) is 9.15. The zero-order chi connectivity index (χ0) is 13.7. The summed E-state index contributed by atoms with van der Waals surface area (Å²) in [4.78, 5) is 16.4. The first-order valence-electron chi connectivity index (χ1n) is 5.41. The van der Waals surface area contributed by atoms with E-state index in [9.17, 15) is 4.79 Å². The Morgan fingerprint density at radius 3 is 2.05 bits per heavy atom. The van der Waals surface area contributed by atoms with Gasteiger partial charge in [0, 0.05) is 10.0 Å². The molecule has 2 aromatic rings. The molecule has 0 saturated heterocycles. The topological polar surface area (TPSA) is 38.7 Å². The van der Waals surface area contributed by atoms with E-state index in [0.717, 1.165) is 5.56 Å². The number of rotatable bonds is 3. The fourth-order valence-electron chi connectivity index (χ4n) is 1.32. The highest BCUT2D eigenvalue weighted by Crippen LogP contribution is 2.11. The third-order valence-corrected chi connectivity index (χ3v) is 2.79. The average Bonchev–Trinajstić information content (AvgIpc) is 2.41. The van der Waals surface area contributed by atoms with Gasteiger partial charge in [-0.1, -0.05) is 40.5 Å². The number of benzene rings is 2. The largest absolute Gasteiger partial charge is 0.365 e. The summed E-state index contributed by atoms with van der Waals surface area (Å²) in [6, 6.07) is 13.4. The third-order valence-electron chi connectivity index (χ3n) is 2.29. The van der Waals surface area contributed by atoms with E-state index in [-0.39, 0.29) is 0 Å². The van der Waals surface area contributed by atoms with Crippen LogP contribution >= 0.6 is 23.2 Å². The second-order valence-corrected chi connectivity index (χ2v) is 4.54. The van der Waals surface area contributed by atoms with Crippen molar-refractivity contribution in [2.45, 2.75) is 0 Å². The molecule has 2 aromatic carbocycles. The molecule has 0 radical (unpaired) electrons. The van der Waals surface area contributed by atoms with E-state index in [0.29, 0.717) is 15.6 Å². The van der Waals surface area contributed by atoms with Crippen molar-refractivity contribution in [2.75, 3.05) is 0 Å². The lowest BCUT2D eigenvalue weighted by molar-refractivity contribution is 0.0519. The van der Waals surface area contributed by atoms with Crippen LogP contribution in [0.15, 0.2) is 53.7 Å². The van der Waals surface area contributed by atoms with Crippen molar-refractivity contribution in [1.29, 1.82) is 0 Å². The summed E-state index contributed by atoms with van der Waals surface area (Å²) in [5, 5.41) is 4.81. The highest BCUT2D eigenvalue weighted by molar-refractivity contribution is 6.30. The normalized spacial score (nSPS) is 10.6. The van der Waals surface area contributed by atoms with Gasteiger partial charge in [0.1, 0.15) is 0 Å². The lowest BCUT2D eigenvalue weighted by atomic mass is 10.2. The van der Waals surface area contributed by atoms with E-state index in [1.165, 1.54) is 6.21 Å². The summed E-state index contributed by atoms with van der Waals surface area (Å²) in [5.74, 6) is -0.540. The summed E-state index contributed by atoms with van der Waals surface area (Å²) < 4.78 is 0. The lowest BCUT2D eigenvalue weighted by Gasteiger charge is -1.98. The predicted octanol–water partition coefficient (Wildman–Crippen LogP) is 4.18. The Kier molecular flexibility index (Phi) is 4.55. The van der Waals surface area contributed by atoms with Gasteiger partial charge in [-0.15, -0.1) is 0 Å². The van der Waals surface area contributed by atoms with Crippen molar-refractivity contribution in [3.05, 3.63) is 69.7 Å². The van der Waals surface area contributed by atoms with Gasteiger partial charge in [-0.05, 0) is 42.0 Å². The van der Waals surface area contributed by atoms with Gasteiger partial charge in [0.2, 0.25) is 0 Å². The first kappa shape index (κ1) is 13.6. The van der Waals surface area contributed by atoms with Gasteiger partial charge < -0.3 is 4.84 Å². The van der Waals surface area contributed by atoms with Crippen LogP contribution in [0.2, 0.25) is 10.0 Å². The third kappa shape index (κ3) is 4.09. The van der Waals surface area contributed by atoms with Gasteiger partial charge in [0.15, 0.2) is 0 Å². The van der Waals surface area contributed by atoms with Gasteiger partial charge in [0.05, 0.1) is 11.8 Å². The molecule has 96 valence electrons. The molecule has 0 atom stereocenters. The molecule has 0 N–H and O–H groups in total. The van der Waals surface area contributed by atoms with Crippen molar-refractivity contribution in [3.63, 3.8) is 0 Å². The molecule has 0 aliphatic heterocycles. The van der Waals surface area contributed by atoms with Gasteiger partial charge in [-0.2, -0.15) is 0 Å². The van der Waals surface area contributed by atoms with E-state index in [1.54, 1.807) is 48.5 Å². The molecule has 0 aliphatic rings. The monoisotopic (exact) mass is 293 g/mol. The van der Waals surface area contributed by atoms with E-state index in [4.69, 9.17) is 28.0 Å². The second-order valence-electron chi connectivity index (χ2n) is 3.67. The summed E-state index contributed by atoms with van der Waals surface area (Å²) in [5.41, 5.74) is 1.17. The van der Waals surface area contributed by atoms with Gasteiger partial charge in [-0.25, -0.2) is 4.79 Å². The molecule has 0 heterocycles. The number of halogens is 2. The summed E-state index contributed by atoms with van der Waals surface area (Å²) in [6.07, 6.45) is 1.43. The molecular weight excluding hydrogens is 285 g/mol. The Morgan fingerprint density at radius 1 is 0.947 bits per heavy atom. The van der Waals surface area contributed by atoms with Crippen LogP contribution < -0.4 is 0 Å².